The SMILES string of the molecule is CSCC[C@H](NC(=O)CN(Cc1cccc2ccccc12)C(C(=O)Cc1ccccn1)[C@@H]1CCCN1)C(=O)O.O=C(O)C(F)(F)F. The second-order valence-corrected chi connectivity index (χ2v) is 11.7. The van der Waals surface area contributed by atoms with E-state index in [2.05, 4.69) is 15.6 Å². The van der Waals surface area contributed by atoms with Gasteiger partial charge in [0.05, 0.1) is 19.0 Å². The van der Waals surface area contributed by atoms with Crippen LogP contribution in [-0.4, -0.2) is 93.1 Å². The van der Waals surface area contributed by atoms with Gasteiger partial charge in [0.25, 0.3) is 0 Å². The molecule has 1 fully saturated rings. The number of pyridine rings is 1. The number of alkyl halides is 3. The van der Waals surface area contributed by atoms with Crippen LogP contribution in [0.4, 0.5) is 13.2 Å². The topological polar surface area (TPSA) is 149 Å². The number of nitrogens with zero attached hydrogens (tertiary/aromatic N) is 2. The highest BCUT2D eigenvalue weighted by molar-refractivity contribution is 7.98. The zero-order valence-electron chi connectivity index (χ0n) is 25.2. The van der Waals surface area contributed by atoms with Crippen LogP contribution in [0.25, 0.3) is 10.8 Å². The number of Topliss-reactive ketones (excluding diaryl/α,β-unsaturated/α-hetero) is 1. The van der Waals surface area contributed by atoms with Crippen molar-refractivity contribution in [1.29, 1.82) is 0 Å². The standard InChI is InChI=1S/C30H36N4O4S.C2HF3O2/c1-39-17-14-26(30(37)38)33-28(36)20-34(19-22-10-6-9-21-8-2-3-12-24(21)22)29(25-13-7-16-32-25)27(35)18-23-11-4-5-15-31-23;3-2(4,5)1(6)7/h2-6,8-12,15,25-26,29,32H,7,13-14,16-20H2,1H3,(H,33,36)(H,37,38);(H,6,7)/t25-,26-,29?;/m0./s1. The normalized spacial score (nSPS) is 15.9. The van der Waals surface area contributed by atoms with Crippen LogP contribution in [0.1, 0.15) is 30.5 Å². The summed E-state index contributed by atoms with van der Waals surface area (Å²) in [7, 11) is 0. The Morgan fingerprint density at radius 1 is 1.07 bits per heavy atom. The molecule has 1 unspecified atom stereocenters. The van der Waals surface area contributed by atoms with Gasteiger partial charge in [0.1, 0.15) is 6.04 Å². The van der Waals surface area contributed by atoms with E-state index >= 15 is 0 Å². The van der Waals surface area contributed by atoms with Crippen LogP contribution in [0.2, 0.25) is 0 Å². The lowest BCUT2D eigenvalue weighted by Gasteiger charge is -2.35. The Hall–Kier alpha value is -4.01. The van der Waals surface area contributed by atoms with Crippen molar-refractivity contribution in [2.45, 2.75) is 56.5 Å². The van der Waals surface area contributed by atoms with E-state index in [1.165, 1.54) is 11.8 Å². The molecule has 2 heterocycles. The van der Waals surface area contributed by atoms with E-state index in [0.29, 0.717) is 24.4 Å². The van der Waals surface area contributed by atoms with Crippen molar-refractivity contribution < 1.29 is 42.6 Å². The number of nitrogens with one attached hydrogen (secondary N) is 2. The lowest BCUT2D eigenvalue weighted by Crippen LogP contribution is -2.56. The number of benzene rings is 2. The third-order valence-corrected chi connectivity index (χ3v) is 8.01. The van der Waals surface area contributed by atoms with Gasteiger partial charge in [-0.25, -0.2) is 9.59 Å². The molecule has 10 nitrogen and oxygen atoms in total. The van der Waals surface area contributed by atoms with Crippen molar-refractivity contribution in [2.75, 3.05) is 25.1 Å². The minimum absolute atomic E-state index is 0.0155. The number of hydrogen-bond donors (Lipinski definition) is 4. The highest BCUT2D eigenvalue weighted by atomic mass is 32.2. The van der Waals surface area contributed by atoms with E-state index < -0.39 is 36.1 Å². The van der Waals surface area contributed by atoms with E-state index in [9.17, 15) is 32.7 Å². The second-order valence-electron chi connectivity index (χ2n) is 10.7. The first-order valence-electron chi connectivity index (χ1n) is 14.6. The van der Waals surface area contributed by atoms with Crippen LogP contribution in [0.3, 0.4) is 0 Å². The fraction of sp³-hybridized carbons (Fsp3) is 0.406. The van der Waals surface area contributed by atoms with Crippen molar-refractivity contribution in [3.63, 3.8) is 0 Å². The molecular weight excluding hydrogens is 625 g/mol. The molecule has 4 N–H and O–H groups in total. The number of rotatable bonds is 14. The number of aliphatic carboxylic acids is 2. The van der Waals surface area contributed by atoms with Gasteiger partial charge in [0.15, 0.2) is 5.78 Å². The lowest BCUT2D eigenvalue weighted by atomic mass is 9.95. The first kappa shape index (κ1) is 36.5. The maximum atomic E-state index is 13.9. The van der Waals surface area contributed by atoms with E-state index in [1.807, 2.05) is 71.8 Å². The summed E-state index contributed by atoms with van der Waals surface area (Å²) in [5, 5.41) is 25.1. The van der Waals surface area contributed by atoms with Crippen LogP contribution in [-0.2, 0) is 32.1 Å². The summed E-state index contributed by atoms with van der Waals surface area (Å²) in [4.78, 5) is 54.2. The highest BCUT2D eigenvalue weighted by Crippen LogP contribution is 2.24. The van der Waals surface area contributed by atoms with Gasteiger partial charge < -0.3 is 20.8 Å². The number of carbonyl (C=O) groups is 4. The Balaban J connectivity index is 0.000000738. The van der Waals surface area contributed by atoms with E-state index in [4.69, 9.17) is 9.90 Å². The Kier molecular flexibility index (Phi) is 14.0. The fourth-order valence-electron chi connectivity index (χ4n) is 5.27. The first-order valence-corrected chi connectivity index (χ1v) is 16.0. The van der Waals surface area contributed by atoms with Gasteiger partial charge >= 0.3 is 18.1 Å². The maximum absolute atomic E-state index is 13.9. The van der Waals surface area contributed by atoms with Gasteiger partial charge in [-0.2, -0.15) is 24.9 Å². The van der Waals surface area contributed by atoms with Crippen LogP contribution >= 0.6 is 11.8 Å². The van der Waals surface area contributed by atoms with Crippen molar-refractivity contribution in [2.24, 2.45) is 0 Å². The van der Waals surface area contributed by atoms with Crippen molar-refractivity contribution in [3.8, 4) is 0 Å². The molecule has 1 saturated heterocycles. The molecule has 2 aromatic carbocycles. The first-order chi connectivity index (χ1) is 21.9. The molecule has 0 aliphatic carbocycles. The summed E-state index contributed by atoms with van der Waals surface area (Å²) < 4.78 is 31.7. The summed E-state index contributed by atoms with van der Waals surface area (Å²) >= 11 is 1.53. The predicted octanol–water partition coefficient (Wildman–Crippen LogP) is 3.93. The molecular formula is C32H37F3N4O6S. The van der Waals surface area contributed by atoms with Gasteiger partial charge in [-0.3, -0.25) is 19.5 Å². The Labute approximate surface area is 268 Å². The molecule has 0 spiro atoms. The molecule has 3 aromatic rings. The van der Waals surface area contributed by atoms with Crippen LogP contribution in [0.5, 0.6) is 0 Å². The molecule has 0 radical (unpaired) electrons. The third kappa shape index (κ3) is 11.1. The Bertz CT molecular complexity index is 1470. The molecule has 46 heavy (non-hydrogen) atoms. The summed E-state index contributed by atoms with van der Waals surface area (Å²) in [5.74, 6) is -3.62. The second kappa shape index (κ2) is 17.6. The van der Waals surface area contributed by atoms with Gasteiger partial charge in [0.2, 0.25) is 5.91 Å². The molecule has 3 atom stereocenters. The molecule has 1 amide bonds. The van der Waals surface area contributed by atoms with Gasteiger partial charge in [0, 0.05) is 24.5 Å². The zero-order valence-corrected chi connectivity index (χ0v) is 26.0. The number of ketones is 1. The molecule has 1 aliphatic rings. The molecule has 0 saturated carbocycles. The number of hydrogen-bond acceptors (Lipinski definition) is 8. The molecule has 4 rings (SSSR count). The molecule has 0 bridgehead atoms. The molecule has 14 heteroatoms. The van der Waals surface area contributed by atoms with Crippen molar-refractivity contribution in [3.05, 3.63) is 78.1 Å². The number of halogens is 3. The van der Waals surface area contributed by atoms with E-state index in [0.717, 1.165) is 35.7 Å². The number of carboxylic acids is 2. The number of carboxylic acid groups (broad SMARTS) is 2. The van der Waals surface area contributed by atoms with Crippen molar-refractivity contribution in [1.82, 2.24) is 20.5 Å². The Morgan fingerprint density at radius 2 is 1.76 bits per heavy atom. The zero-order chi connectivity index (χ0) is 33.7. The number of thioether (sulfide) groups is 1. The molecule has 248 valence electrons. The van der Waals surface area contributed by atoms with Crippen molar-refractivity contribution >= 4 is 46.2 Å². The van der Waals surface area contributed by atoms with E-state index in [-0.39, 0.29) is 24.8 Å². The lowest BCUT2D eigenvalue weighted by molar-refractivity contribution is -0.192. The van der Waals surface area contributed by atoms with Crippen LogP contribution in [0, 0.1) is 0 Å². The van der Waals surface area contributed by atoms with Crippen LogP contribution in [0.15, 0.2) is 66.9 Å². The van der Waals surface area contributed by atoms with E-state index in [1.54, 1.807) is 6.20 Å². The molecule has 1 aliphatic heterocycles. The van der Waals surface area contributed by atoms with Gasteiger partial charge in [-0.05, 0) is 66.3 Å². The van der Waals surface area contributed by atoms with Crippen LogP contribution < -0.4 is 10.6 Å². The van der Waals surface area contributed by atoms with Gasteiger partial charge in [-0.15, -0.1) is 0 Å². The summed E-state index contributed by atoms with van der Waals surface area (Å²) in [6, 6.07) is 18.0. The quantitative estimate of drug-likeness (QED) is 0.200. The third-order valence-electron chi connectivity index (χ3n) is 7.37. The molecule has 1 aromatic heterocycles. The summed E-state index contributed by atoms with van der Waals surface area (Å²) in [5.41, 5.74) is 1.69. The monoisotopic (exact) mass is 662 g/mol. The smallest absolute Gasteiger partial charge is 0.480 e. The number of fused-ring (bicyclic) bond motifs is 1. The predicted molar refractivity (Wildman–Crippen MR) is 168 cm³/mol. The fourth-order valence-corrected chi connectivity index (χ4v) is 5.74. The highest BCUT2D eigenvalue weighted by Gasteiger charge is 2.38. The average molecular weight is 663 g/mol. The largest absolute Gasteiger partial charge is 0.490 e. The number of aromatic nitrogens is 1. The number of carbonyl (C=O) groups excluding carboxylic acids is 2. The summed E-state index contributed by atoms with van der Waals surface area (Å²) in [6.45, 7) is 1.08. The number of amides is 1. The average Bonchev–Trinajstić information content (AvgIpc) is 3.54. The minimum atomic E-state index is -5.08. The summed E-state index contributed by atoms with van der Waals surface area (Å²) in [6.07, 6.45) is 0.743. The Morgan fingerprint density at radius 3 is 2.37 bits per heavy atom. The minimum Gasteiger partial charge on any atom is -0.480 e. The maximum Gasteiger partial charge on any atom is 0.490 e. The van der Waals surface area contributed by atoms with Gasteiger partial charge in [-0.1, -0.05) is 48.5 Å².